The van der Waals surface area contributed by atoms with E-state index >= 15 is 0 Å². The number of hydrogen-bond acceptors (Lipinski definition) is 5. The summed E-state index contributed by atoms with van der Waals surface area (Å²) in [5.41, 5.74) is 1.58. The van der Waals surface area contributed by atoms with Crippen molar-refractivity contribution in [2.75, 3.05) is 31.6 Å². The molecule has 2 aromatic rings. The standard InChI is InChI=1S/C21H24N2O5S/c24-21(10-4-16-3-9-19-20(15-16)28-14-13-27-19)22-17-5-7-18(8-6-17)29(25,26)23-11-1-2-12-23/h3,5-9,15H,1-2,4,10-14H2,(H,22,24). The summed E-state index contributed by atoms with van der Waals surface area (Å²) in [6.07, 6.45) is 2.69. The Morgan fingerprint density at radius 2 is 1.66 bits per heavy atom. The zero-order valence-electron chi connectivity index (χ0n) is 16.1. The van der Waals surface area contributed by atoms with Crippen LogP contribution in [0.2, 0.25) is 0 Å². The van der Waals surface area contributed by atoms with Crippen LogP contribution in [0, 0.1) is 0 Å². The third kappa shape index (κ3) is 4.54. The molecule has 0 atom stereocenters. The summed E-state index contributed by atoms with van der Waals surface area (Å²) >= 11 is 0. The van der Waals surface area contributed by atoms with Crippen LogP contribution >= 0.6 is 0 Å². The maximum absolute atomic E-state index is 12.5. The van der Waals surface area contributed by atoms with Gasteiger partial charge in [0.15, 0.2) is 11.5 Å². The van der Waals surface area contributed by atoms with E-state index in [2.05, 4.69) is 5.32 Å². The van der Waals surface area contributed by atoms with Gasteiger partial charge in [0.2, 0.25) is 15.9 Å². The van der Waals surface area contributed by atoms with Crippen LogP contribution in [0.3, 0.4) is 0 Å². The van der Waals surface area contributed by atoms with Gasteiger partial charge in [0.25, 0.3) is 0 Å². The maximum atomic E-state index is 12.5. The van der Waals surface area contributed by atoms with Gasteiger partial charge in [-0.3, -0.25) is 4.79 Å². The number of aryl methyl sites for hydroxylation is 1. The zero-order chi connectivity index (χ0) is 20.3. The summed E-state index contributed by atoms with van der Waals surface area (Å²) in [6, 6.07) is 12.0. The first-order chi connectivity index (χ1) is 14.0. The molecule has 29 heavy (non-hydrogen) atoms. The van der Waals surface area contributed by atoms with Crippen LogP contribution in [-0.2, 0) is 21.2 Å². The van der Waals surface area contributed by atoms with E-state index in [0.717, 1.165) is 24.2 Å². The first kappa shape index (κ1) is 19.7. The van der Waals surface area contributed by atoms with Crippen molar-refractivity contribution in [3.8, 4) is 11.5 Å². The number of carbonyl (C=O) groups is 1. The number of anilines is 1. The Balaban J connectivity index is 1.33. The number of ether oxygens (including phenoxy) is 2. The van der Waals surface area contributed by atoms with Crippen LogP contribution in [0.5, 0.6) is 11.5 Å². The quantitative estimate of drug-likeness (QED) is 0.783. The first-order valence-electron chi connectivity index (χ1n) is 9.81. The van der Waals surface area contributed by atoms with Gasteiger partial charge in [0.05, 0.1) is 4.90 Å². The Hall–Kier alpha value is -2.58. The molecule has 0 aromatic heterocycles. The number of rotatable bonds is 6. The summed E-state index contributed by atoms with van der Waals surface area (Å²) in [5.74, 6) is 1.31. The Bertz CT molecular complexity index is 983. The van der Waals surface area contributed by atoms with Crippen LogP contribution in [0.15, 0.2) is 47.4 Å². The number of carbonyl (C=O) groups excluding carboxylic acids is 1. The lowest BCUT2D eigenvalue weighted by atomic mass is 10.1. The van der Waals surface area contributed by atoms with Crippen molar-refractivity contribution in [1.82, 2.24) is 4.31 Å². The molecule has 2 aliphatic rings. The molecule has 1 N–H and O–H groups in total. The minimum absolute atomic E-state index is 0.130. The van der Waals surface area contributed by atoms with Gasteiger partial charge < -0.3 is 14.8 Å². The Labute approximate surface area is 170 Å². The van der Waals surface area contributed by atoms with E-state index in [-0.39, 0.29) is 10.8 Å². The number of fused-ring (bicyclic) bond motifs is 1. The Morgan fingerprint density at radius 3 is 2.38 bits per heavy atom. The summed E-state index contributed by atoms with van der Waals surface area (Å²) in [4.78, 5) is 12.5. The van der Waals surface area contributed by atoms with E-state index in [1.54, 1.807) is 24.3 Å². The Kier molecular flexibility index (Phi) is 5.73. The van der Waals surface area contributed by atoms with Gasteiger partial charge >= 0.3 is 0 Å². The van der Waals surface area contributed by atoms with Gasteiger partial charge in [-0.15, -0.1) is 0 Å². The SMILES string of the molecule is O=C(CCc1ccc2c(c1)OCCO2)Nc1ccc(S(=O)(=O)N2CCCC2)cc1. The molecule has 7 nitrogen and oxygen atoms in total. The smallest absolute Gasteiger partial charge is 0.243 e. The Morgan fingerprint density at radius 1 is 0.966 bits per heavy atom. The largest absolute Gasteiger partial charge is 0.486 e. The maximum Gasteiger partial charge on any atom is 0.243 e. The number of nitrogens with zero attached hydrogens (tertiary/aromatic N) is 1. The fraction of sp³-hybridized carbons (Fsp3) is 0.381. The first-order valence-corrected chi connectivity index (χ1v) is 11.2. The lowest BCUT2D eigenvalue weighted by Gasteiger charge is -2.18. The highest BCUT2D eigenvalue weighted by Gasteiger charge is 2.26. The molecule has 0 radical (unpaired) electrons. The van der Waals surface area contributed by atoms with Crippen molar-refractivity contribution in [3.63, 3.8) is 0 Å². The second-order valence-corrected chi connectivity index (χ2v) is 9.10. The predicted molar refractivity (Wildman–Crippen MR) is 109 cm³/mol. The van der Waals surface area contributed by atoms with Crippen LogP contribution < -0.4 is 14.8 Å². The van der Waals surface area contributed by atoms with E-state index in [1.807, 2.05) is 18.2 Å². The van der Waals surface area contributed by atoms with Gasteiger partial charge in [0.1, 0.15) is 13.2 Å². The summed E-state index contributed by atoms with van der Waals surface area (Å²) in [7, 11) is -3.44. The molecule has 0 aliphatic carbocycles. The van der Waals surface area contributed by atoms with Crippen molar-refractivity contribution >= 4 is 21.6 Å². The molecule has 1 fully saturated rings. The van der Waals surface area contributed by atoms with E-state index < -0.39 is 10.0 Å². The molecule has 154 valence electrons. The second-order valence-electron chi connectivity index (χ2n) is 7.16. The van der Waals surface area contributed by atoms with Crippen molar-refractivity contribution in [2.24, 2.45) is 0 Å². The fourth-order valence-corrected chi connectivity index (χ4v) is 5.03. The van der Waals surface area contributed by atoms with Crippen LogP contribution in [-0.4, -0.2) is 44.9 Å². The molecule has 1 amide bonds. The number of amides is 1. The third-order valence-electron chi connectivity index (χ3n) is 5.09. The van der Waals surface area contributed by atoms with Crippen molar-refractivity contribution in [3.05, 3.63) is 48.0 Å². The molecule has 4 rings (SSSR count). The summed E-state index contributed by atoms with van der Waals surface area (Å²) in [6.45, 7) is 2.22. The van der Waals surface area contributed by atoms with Gasteiger partial charge in [-0.25, -0.2) is 8.42 Å². The monoisotopic (exact) mass is 416 g/mol. The molecule has 0 bridgehead atoms. The molecule has 0 spiro atoms. The zero-order valence-corrected chi connectivity index (χ0v) is 16.9. The van der Waals surface area contributed by atoms with Crippen LogP contribution in [0.1, 0.15) is 24.8 Å². The minimum Gasteiger partial charge on any atom is -0.486 e. The van der Waals surface area contributed by atoms with Crippen LogP contribution in [0.4, 0.5) is 5.69 Å². The average Bonchev–Trinajstić information content (AvgIpc) is 3.28. The molecule has 0 saturated carbocycles. The molecule has 1 saturated heterocycles. The normalized spacial score (nSPS) is 16.6. The van der Waals surface area contributed by atoms with Gasteiger partial charge in [-0.05, 0) is 61.2 Å². The highest BCUT2D eigenvalue weighted by atomic mass is 32.2. The molecule has 2 heterocycles. The topological polar surface area (TPSA) is 84.9 Å². The van der Waals surface area contributed by atoms with E-state index in [4.69, 9.17) is 9.47 Å². The second kappa shape index (κ2) is 8.42. The summed E-state index contributed by atoms with van der Waals surface area (Å²) < 4.78 is 37.7. The lowest BCUT2D eigenvalue weighted by molar-refractivity contribution is -0.116. The van der Waals surface area contributed by atoms with E-state index in [9.17, 15) is 13.2 Å². The average molecular weight is 416 g/mol. The highest BCUT2D eigenvalue weighted by molar-refractivity contribution is 7.89. The lowest BCUT2D eigenvalue weighted by Crippen LogP contribution is -2.27. The van der Waals surface area contributed by atoms with Crippen molar-refractivity contribution in [2.45, 2.75) is 30.6 Å². The van der Waals surface area contributed by atoms with Gasteiger partial charge in [-0.2, -0.15) is 4.31 Å². The fourth-order valence-electron chi connectivity index (χ4n) is 3.51. The molecule has 2 aromatic carbocycles. The number of nitrogens with one attached hydrogen (secondary N) is 1. The highest BCUT2D eigenvalue weighted by Crippen LogP contribution is 2.31. The number of sulfonamides is 1. The molecule has 0 unspecified atom stereocenters. The number of hydrogen-bond donors (Lipinski definition) is 1. The van der Waals surface area contributed by atoms with Crippen molar-refractivity contribution < 1.29 is 22.7 Å². The minimum atomic E-state index is -3.44. The molecular formula is C21H24N2O5S. The van der Waals surface area contributed by atoms with E-state index in [0.29, 0.717) is 50.6 Å². The molecule has 8 heteroatoms. The summed E-state index contributed by atoms with van der Waals surface area (Å²) in [5, 5.41) is 2.82. The van der Waals surface area contributed by atoms with Gasteiger partial charge in [0, 0.05) is 25.2 Å². The van der Waals surface area contributed by atoms with E-state index in [1.165, 1.54) is 4.31 Å². The van der Waals surface area contributed by atoms with Crippen molar-refractivity contribution in [1.29, 1.82) is 0 Å². The third-order valence-corrected chi connectivity index (χ3v) is 7.00. The molecule has 2 aliphatic heterocycles. The number of benzene rings is 2. The molecular weight excluding hydrogens is 392 g/mol. The van der Waals surface area contributed by atoms with Crippen LogP contribution in [0.25, 0.3) is 0 Å². The predicted octanol–water partition coefficient (Wildman–Crippen LogP) is 2.81. The van der Waals surface area contributed by atoms with Gasteiger partial charge in [-0.1, -0.05) is 6.07 Å².